The van der Waals surface area contributed by atoms with Gasteiger partial charge in [0.15, 0.2) is 0 Å². The zero-order valence-corrected chi connectivity index (χ0v) is 39.2. The summed E-state index contributed by atoms with van der Waals surface area (Å²) in [6.07, 6.45) is 60.7. The van der Waals surface area contributed by atoms with E-state index in [9.17, 15) is 20.1 Å². The lowest BCUT2D eigenvalue weighted by atomic mass is 10.0. The largest absolute Gasteiger partial charge is 0.394 e. The molecule has 0 heterocycles. The molecule has 58 heavy (non-hydrogen) atoms. The number of carbonyl (C=O) groups excluding carboxylic acids is 1. The summed E-state index contributed by atoms with van der Waals surface area (Å²) in [4.78, 5) is 12.5. The fourth-order valence-electron chi connectivity index (χ4n) is 8.22. The topological polar surface area (TPSA) is 89.8 Å². The van der Waals surface area contributed by atoms with Gasteiger partial charge in [0, 0.05) is 0 Å². The van der Waals surface area contributed by atoms with Gasteiger partial charge in [-0.25, -0.2) is 0 Å². The lowest BCUT2D eigenvalue weighted by Crippen LogP contribution is -2.49. The van der Waals surface area contributed by atoms with Gasteiger partial charge in [-0.15, -0.1) is 0 Å². The molecule has 3 atom stereocenters. The summed E-state index contributed by atoms with van der Waals surface area (Å²) in [6, 6.07) is -0.710. The minimum Gasteiger partial charge on any atom is -0.394 e. The highest BCUT2D eigenvalue weighted by molar-refractivity contribution is 5.80. The van der Waals surface area contributed by atoms with Crippen LogP contribution in [0.25, 0.3) is 0 Å². The van der Waals surface area contributed by atoms with Gasteiger partial charge < -0.3 is 20.6 Å². The molecule has 5 heteroatoms. The Kier molecular flexibility index (Phi) is 47.5. The molecular weight excluding hydrogens is 715 g/mol. The zero-order valence-electron chi connectivity index (χ0n) is 39.2. The minimum atomic E-state index is -1.07. The molecule has 0 aromatic carbocycles. The second-order valence-electron chi connectivity index (χ2n) is 18.1. The molecule has 0 saturated carbocycles. The summed E-state index contributed by atoms with van der Waals surface area (Å²) in [7, 11) is 0. The smallest absolute Gasteiger partial charge is 0.249 e. The maximum Gasteiger partial charge on any atom is 0.249 e. The number of aliphatic hydroxyl groups excluding tert-OH is 3. The van der Waals surface area contributed by atoms with Gasteiger partial charge in [0.2, 0.25) is 5.91 Å². The first kappa shape index (κ1) is 56.8. The van der Waals surface area contributed by atoms with Crippen LogP contribution in [0.2, 0.25) is 0 Å². The number of unbranched alkanes of at least 4 members (excludes halogenated alkanes) is 36. The van der Waals surface area contributed by atoms with E-state index in [4.69, 9.17) is 0 Å². The monoisotopic (exact) mass is 818 g/mol. The molecule has 0 bridgehead atoms. The van der Waals surface area contributed by atoms with Gasteiger partial charge in [-0.2, -0.15) is 0 Å². The molecule has 0 fully saturated rings. The van der Waals surface area contributed by atoms with Crippen molar-refractivity contribution in [3.05, 3.63) is 24.3 Å². The molecule has 0 spiro atoms. The third-order valence-corrected chi connectivity index (χ3v) is 12.3. The predicted octanol–water partition coefficient (Wildman–Crippen LogP) is 15.7. The van der Waals surface area contributed by atoms with E-state index >= 15 is 0 Å². The van der Waals surface area contributed by atoms with Gasteiger partial charge in [-0.1, -0.05) is 263 Å². The van der Waals surface area contributed by atoms with Crippen LogP contribution in [-0.2, 0) is 4.79 Å². The van der Waals surface area contributed by atoms with E-state index in [1.54, 1.807) is 0 Å². The Balaban J connectivity index is 3.52. The second-order valence-corrected chi connectivity index (χ2v) is 18.1. The quantitative estimate of drug-likeness (QED) is 0.0364. The Morgan fingerprint density at radius 1 is 0.414 bits per heavy atom. The second kappa shape index (κ2) is 48.5. The van der Waals surface area contributed by atoms with Gasteiger partial charge >= 0.3 is 0 Å². The fraction of sp³-hybridized carbons (Fsp3) is 0.906. The zero-order chi connectivity index (χ0) is 42.3. The van der Waals surface area contributed by atoms with Crippen molar-refractivity contribution in [2.75, 3.05) is 6.61 Å². The van der Waals surface area contributed by atoms with E-state index < -0.39 is 24.2 Å². The summed E-state index contributed by atoms with van der Waals surface area (Å²) >= 11 is 0. The molecule has 0 aliphatic carbocycles. The van der Waals surface area contributed by atoms with Crippen LogP contribution in [0.4, 0.5) is 0 Å². The molecule has 344 valence electrons. The van der Waals surface area contributed by atoms with Crippen molar-refractivity contribution in [3.8, 4) is 0 Å². The van der Waals surface area contributed by atoms with Crippen molar-refractivity contribution in [1.29, 1.82) is 0 Å². The molecule has 4 N–H and O–H groups in total. The van der Waals surface area contributed by atoms with Crippen LogP contribution in [0.5, 0.6) is 0 Å². The van der Waals surface area contributed by atoms with E-state index in [1.165, 1.54) is 218 Å². The standard InChI is InChI=1S/C53H103NO4/c1-3-5-7-9-11-13-15-17-19-20-21-22-23-24-25-26-27-28-29-30-31-32-33-34-36-38-40-42-44-46-48-52(57)53(58)54-50(49-55)51(56)47-45-43-41-39-37-35-18-16-14-12-10-8-6-4-2/h21-22,24-25,50-52,55-57H,3-20,23,26-49H2,1-2H3,(H,54,58)/b22-21-,25-24-. The Bertz CT molecular complexity index is 859. The summed E-state index contributed by atoms with van der Waals surface area (Å²) < 4.78 is 0. The third kappa shape index (κ3) is 42.9. The molecule has 3 unspecified atom stereocenters. The molecule has 0 radical (unpaired) electrons. The van der Waals surface area contributed by atoms with Crippen molar-refractivity contribution >= 4 is 5.91 Å². The molecule has 0 aliphatic rings. The molecular formula is C53H103NO4. The Morgan fingerprint density at radius 3 is 1.03 bits per heavy atom. The number of amides is 1. The molecule has 0 rings (SSSR count). The van der Waals surface area contributed by atoms with Crippen LogP contribution in [0.1, 0.15) is 284 Å². The minimum absolute atomic E-state index is 0.311. The van der Waals surface area contributed by atoms with Crippen LogP contribution in [0.15, 0.2) is 24.3 Å². The predicted molar refractivity (Wildman–Crippen MR) is 255 cm³/mol. The highest BCUT2D eigenvalue weighted by atomic mass is 16.3. The van der Waals surface area contributed by atoms with Crippen molar-refractivity contribution < 1.29 is 20.1 Å². The fourth-order valence-corrected chi connectivity index (χ4v) is 8.22. The van der Waals surface area contributed by atoms with Gasteiger partial charge in [0.1, 0.15) is 6.10 Å². The van der Waals surface area contributed by atoms with Crippen molar-refractivity contribution in [3.63, 3.8) is 0 Å². The normalized spacial score (nSPS) is 13.5. The van der Waals surface area contributed by atoms with E-state index in [-0.39, 0.29) is 6.61 Å². The van der Waals surface area contributed by atoms with Gasteiger partial charge in [0.25, 0.3) is 0 Å². The molecule has 0 aromatic rings. The molecule has 0 aromatic heterocycles. The number of allylic oxidation sites excluding steroid dienone is 4. The first-order valence-electron chi connectivity index (χ1n) is 26.1. The lowest BCUT2D eigenvalue weighted by molar-refractivity contribution is -0.131. The highest BCUT2D eigenvalue weighted by Crippen LogP contribution is 2.17. The Hall–Kier alpha value is -1.17. The molecule has 5 nitrogen and oxygen atoms in total. The molecule has 0 aliphatic heterocycles. The van der Waals surface area contributed by atoms with Crippen molar-refractivity contribution in [1.82, 2.24) is 5.32 Å². The SMILES string of the molecule is CCCCCCCCCCC/C=C\C/C=C\CCCCCCCCCCCCCCCCC(O)C(=O)NC(CO)C(O)CCCCCCCCCCCCCCCC. The van der Waals surface area contributed by atoms with Crippen LogP contribution < -0.4 is 5.32 Å². The van der Waals surface area contributed by atoms with Crippen LogP contribution in [-0.4, -0.2) is 46.1 Å². The number of aliphatic hydroxyl groups is 3. The number of hydrogen-bond acceptors (Lipinski definition) is 4. The number of rotatable bonds is 48. The number of nitrogens with one attached hydrogen (secondary N) is 1. The van der Waals surface area contributed by atoms with Gasteiger partial charge in [0.05, 0.1) is 18.8 Å². The average Bonchev–Trinajstić information content (AvgIpc) is 3.23. The number of carbonyl (C=O) groups is 1. The Morgan fingerprint density at radius 2 is 0.707 bits per heavy atom. The summed E-state index contributed by atoms with van der Waals surface area (Å²) in [5.41, 5.74) is 0. The van der Waals surface area contributed by atoms with E-state index in [0.29, 0.717) is 12.8 Å². The number of hydrogen-bond donors (Lipinski definition) is 4. The Labute approximate surface area is 362 Å². The van der Waals surface area contributed by atoms with Crippen LogP contribution in [0, 0.1) is 0 Å². The first-order valence-corrected chi connectivity index (χ1v) is 26.1. The van der Waals surface area contributed by atoms with Crippen LogP contribution >= 0.6 is 0 Å². The average molecular weight is 818 g/mol. The summed E-state index contributed by atoms with van der Waals surface area (Å²) in [5.74, 6) is -0.468. The lowest BCUT2D eigenvalue weighted by Gasteiger charge is -2.23. The summed E-state index contributed by atoms with van der Waals surface area (Å²) in [6.45, 7) is 4.25. The van der Waals surface area contributed by atoms with Gasteiger partial charge in [-0.05, 0) is 44.9 Å². The van der Waals surface area contributed by atoms with Gasteiger partial charge in [-0.3, -0.25) is 4.79 Å². The molecule has 1 amide bonds. The summed E-state index contributed by atoms with van der Waals surface area (Å²) in [5, 5.41) is 33.4. The third-order valence-electron chi connectivity index (χ3n) is 12.3. The van der Waals surface area contributed by atoms with Crippen molar-refractivity contribution in [2.24, 2.45) is 0 Å². The highest BCUT2D eigenvalue weighted by Gasteiger charge is 2.23. The maximum atomic E-state index is 12.5. The van der Waals surface area contributed by atoms with E-state index in [0.717, 1.165) is 38.5 Å². The van der Waals surface area contributed by atoms with E-state index in [2.05, 4.69) is 43.5 Å². The maximum absolute atomic E-state index is 12.5. The first-order chi connectivity index (χ1) is 28.6. The van der Waals surface area contributed by atoms with E-state index in [1.807, 2.05) is 0 Å². The van der Waals surface area contributed by atoms with Crippen LogP contribution in [0.3, 0.4) is 0 Å². The molecule has 0 saturated heterocycles. The van der Waals surface area contributed by atoms with Crippen molar-refractivity contribution in [2.45, 2.75) is 302 Å².